The average Bonchev–Trinajstić information content (AvgIpc) is 2.35. The molecule has 0 bridgehead atoms. The van der Waals surface area contributed by atoms with Gasteiger partial charge < -0.3 is 11.1 Å². The maximum atomic E-state index is 8.90. The monoisotopic (exact) mass is 229 g/mol. The van der Waals surface area contributed by atoms with E-state index in [0.717, 1.165) is 31.4 Å². The average molecular weight is 229 g/mol. The van der Waals surface area contributed by atoms with Gasteiger partial charge in [-0.15, -0.1) is 0 Å². The summed E-state index contributed by atoms with van der Waals surface area (Å²) in [6.45, 7) is 2.07. The highest BCUT2D eigenvalue weighted by Crippen LogP contribution is 2.23. The molecule has 0 atom stereocenters. The van der Waals surface area contributed by atoms with E-state index in [2.05, 4.69) is 18.3 Å². The van der Waals surface area contributed by atoms with E-state index in [1.54, 1.807) is 0 Å². The smallest absolute Gasteiger partial charge is 0.0992 e. The summed E-state index contributed by atoms with van der Waals surface area (Å²) in [5, 5.41) is 12.4. The molecule has 0 spiro atoms. The highest BCUT2D eigenvalue weighted by atomic mass is 14.9. The van der Waals surface area contributed by atoms with Crippen molar-refractivity contribution >= 4 is 5.69 Å². The maximum Gasteiger partial charge on any atom is 0.0992 e. The van der Waals surface area contributed by atoms with Gasteiger partial charge in [0, 0.05) is 17.8 Å². The van der Waals surface area contributed by atoms with Crippen LogP contribution < -0.4 is 11.1 Å². The second-order valence-electron chi connectivity index (χ2n) is 4.90. The Labute approximate surface area is 103 Å². The fourth-order valence-corrected chi connectivity index (χ4v) is 2.33. The third-order valence-corrected chi connectivity index (χ3v) is 3.50. The minimum atomic E-state index is 0.375. The Balaban J connectivity index is 2.05. The molecular formula is C14H19N3. The minimum absolute atomic E-state index is 0.375. The molecule has 1 aromatic carbocycles. The van der Waals surface area contributed by atoms with Gasteiger partial charge in [-0.1, -0.05) is 6.07 Å². The van der Waals surface area contributed by atoms with Crippen molar-refractivity contribution in [2.45, 2.75) is 44.7 Å². The van der Waals surface area contributed by atoms with Crippen LogP contribution in [-0.2, 0) is 0 Å². The van der Waals surface area contributed by atoms with Crippen LogP contribution in [0.3, 0.4) is 0 Å². The molecule has 0 aromatic heterocycles. The van der Waals surface area contributed by atoms with Crippen LogP contribution in [-0.4, -0.2) is 12.1 Å². The summed E-state index contributed by atoms with van der Waals surface area (Å²) in [4.78, 5) is 0. The summed E-state index contributed by atoms with van der Waals surface area (Å²) in [7, 11) is 0. The van der Waals surface area contributed by atoms with Crippen molar-refractivity contribution in [2.24, 2.45) is 5.73 Å². The normalized spacial score (nSPS) is 24.1. The van der Waals surface area contributed by atoms with Crippen LogP contribution in [0.5, 0.6) is 0 Å². The van der Waals surface area contributed by atoms with Crippen LogP contribution >= 0.6 is 0 Å². The molecule has 0 aliphatic heterocycles. The second-order valence-corrected chi connectivity index (χ2v) is 4.90. The number of aryl methyl sites for hydroxylation is 1. The third kappa shape index (κ3) is 2.98. The SMILES string of the molecule is Cc1ccc(C#N)cc1NC1CCC(N)CC1. The van der Waals surface area contributed by atoms with Gasteiger partial charge in [0.2, 0.25) is 0 Å². The summed E-state index contributed by atoms with van der Waals surface area (Å²) in [5.41, 5.74) is 8.89. The third-order valence-electron chi connectivity index (χ3n) is 3.50. The number of hydrogen-bond acceptors (Lipinski definition) is 3. The van der Waals surface area contributed by atoms with E-state index in [4.69, 9.17) is 11.0 Å². The van der Waals surface area contributed by atoms with Crippen molar-refractivity contribution in [3.05, 3.63) is 29.3 Å². The van der Waals surface area contributed by atoms with Gasteiger partial charge in [0.25, 0.3) is 0 Å². The molecule has 3 N–H and O–H groups in total. The van der Waals surface area contributed by atoms with Gasteiger partial charge in [-0.2, -0.15) is 5.26 Å². The van der Waals surface area contributed by atoms with Gasteiger partial charge in [-0.3, -0.25) is 0 Å². The Morgan fingerprint density at radius 3 is 2.65 bits per heavy atom. The highest BCUT2D eigenvalue weighted by Gasteiger charge is 2.18. The highest BCUT2D eigenvalue weighted by molar-refractivity contribution is 5.55. The molecule has 0 heterocycles. The Hall–Kier alpha value is -1.53. The van der Waals surface area contributed by atoms with Crippen LogP contribution in [0, 0.1) is 18.3 Å². The van der Waals surface area contributed by atoms with E-state index < -0.39 is 0 Å². The molecule has 1 aliphatic carbocycles. The van der Waals surface area contributed by atoms with Crippen molar-refractivity contribution in [1.29, 1.82) is 5.26 Å². The van der Waals surface area contributed by atoms with Gasteiger partial charge in [0.05, 0.1) is 11.6 Å². The van der Waals surface area contributed by atoms with Crippen molar-refractivity contribution in [3.8, 4) is 6.07 Å². The molecule has 1 aliphatic rings. The Morgan fingerprint density at radius 2 is 2.00 bits per heavy atom. The Kier molecular flexibility index (Phi) is 3.65. The molecule has 3 heteroatoms. The van der Waals surface area contributed by atoms with Crippen molar-refractivity contribution < 1.29 is 0 Å². The van der Waals surface area contributed by atoms with Crippen molar-refractivity contribution in [2.75, 3.05) is 5.32 Å². The number of hydrogen-bond donors (Lipinski definition) is 2. The van der Waals surface area contributed by atoms with Crippen molar-refractivity contribution in [1.82, 2.24) is 0 Å². The minimum Gasteiger partial charge on any atom is -0.382 e. The van der Waals surface area contributed by atoms with Crippen molar-refractivity contribution in [3.63, 3.8) is 0 Å². The number of nitriles is 1. The molecule has 2 rings (SSSR count). The first kappa shape index (κ1) is 11.9. The summed E-state index contributed by atoms with van der Waals surface area (Å²) >= 11 is 0. The van der Waals surface area contributed by atoms with E-state index in [9.17, 15) is 0 Å². The molecule has 1 fully saturated rings. The largest absolute Gasteiger partial charge is 0.382 e. The van der Waals surface area contributed by atoms with Crippen LogP contribution in [0.15, 0.2) is 18.2 Å². The lowest BCUT2D eigenvalue weighted by atomic mass is 9.91. The fraction of sp³-hybridized carbons (Fsp3) is 0.500. The fourth-order valence-electron chi connectivity index (χ4n) is 2.33. The Morgan fingerprint density at radius 1 is 1.29 bits per heavy atom. The number of rotatable bonds is 2. The predicted octanol–water partition coefficient (Wildman–Crippen LogP) is 2.55. The number of nitrogens with zero attached hydrogens (tertiary/aromatic N) is 1. The molecule has 0 unspecified atom stereocenters. The summed E-state index contributed by atoms with van der Waals surface area (Å²) in [5.74, 6) is 0. The molecule has 0 radical (unpaired) electrons. The first-order valence-electron chi connectivity index (χ1n) is 6.22. The van der Waals surface area contributed by atoms with Crippen LogP contribution in [0.4, 0.5) is 5.69 Å². The number of anilines is 1. The summed E-state index contributed by atoms with van der Waals surface area (Å²) < 4.78 is 0. The van der Waals surface area contributed by atoms with Crippen LogP contribution in [0.1, 0.15) is 36.8 Å². The van der Waals surface area contributed by atoms with Crippen LogP contribution in [0.25, 0.3) is 0 Å². The first-order valence-corrected chi connectivity index (χ1v) is 6.22. The standard InChI is InChI=1S/C14H19N3/c1-10-2-3-11(9-15)8-14(10)17-13-6-4-12(16)5-7-13/h2-3,8,12-13,17H,4-7,16H2,1H3. The summed E-state index contributed by atoms with van der Waals surface area (Å²) in [6.07, 6.45) is 4.43. The molecule has 90 valence electrons. The van der Waals surface area contributed by atoms with Crippen LogP contribution in [0.2, 0.25) is 0 Å². The zero-order chi connectivity index (χ0) is 12.3. The van der Waals surface area contributed by atoms with Gasteiger partial charge in [0.15, 0.2) is 0 Å². The van der Waals surface area contributed by atoms with E-state index in [-0.39, 0.29) is 0 Å². The number of benzene rings is 1. The van der Waals surface area contributed by atoms with E-state index in [0.29, 0.717) is 17.6 Å². The topological polar surface area (TPSA) is 61.8 Å². The molecule has 0 amide bonds. The second kappa shape index (κ2) is 5.20. The number of nitrogens with one attached hydrogen (secondary N) is 1. The maximum absolute atomic E-state index is 8.90. The predicted molar refractivity (Wildman–Crippen MR) is 69.7 cm³/mol. The lowest BCUT2D eigenvalue weighted by Gasteiger charge is -2.28. The zero-order valence-electron chi connectivity index (χ0n) is 10.2. The van der Waals surface area contributed by atoms with Gasteiger partial charge in [0.1, 0.15) is 0 Å². The van der Waals surface area contributed by atoms with E-state index in [1.165, 1.54) is 5.56 Å². The molecule has 3 nitrogen and oxygen atoms in total. The quantitative estimate of drug-likeness (QED) is 0.819. The van der Waals surface area contributed by atoms with E-state index >= 15 is 0 Å². The van der Waals surface area contributed by atoms with Gasteiger partial charge in [-0.25, -0.2) is 0 Å². The van der Waals surface area contributed by atoms with E-state index in [1.807, 2.05) is 18.2 Å². The number of nitrogens with two attached hydrogens (primary N) is 1. The molecule has 1 saturated carbocycles. The zero-order valence-corrected chi connectivity index (χ0v) is 10.2. The van der Waals surface area contributed by atoms with Gasteiger partial charge in [-0.05, 0) is 50.3 Å². The summed E-state index contributed by atoms with van der Waals surface area (Å²) in [6, 6.07) is 8.84. The molecule has 17 heavy (non-hydrogen) atoms. The molecule has 1 aromatic rings. The molecular weight excluding hydrogens is 210 g/mol. The molecule has 0 saturated heterocycles. The van der Waals surface area contributed by atoms with Gasteiger partial charge >= 0.3 is 0 Å². The Bertz CT molecular complexity index is 426. The lowest BCUT2D eigenvalue weighted by Crippen LogP contribution is -2.32. The first-order chi connectivity index (χ1) is 8.19. The lowest BCUT2D eigenvalue weighted by molar-refractivity contribution is 0.411.